The lowest BCUT2D eigenvalue weighted by molar-refractivity contribution is -0.142. The maximum absolute atomic E-state index is 12.7. The lowest BCUT2D eigenvalue weighted by Gasteiger charge is -2.19. The first-order valence-corrected chi connectivity index (χ1v) is 10.4. The number of aromatic nitrogens is 1. The number of esters is 1. The fourth-order valence-electron chi connectivity index (χ4n) is 3.31. The minimum Gasteiger partial charge on any atom is -0.467 e. The highest BCUT2D eigenvalue weighted by atomic mass is 35.5. The van der Waals surface area contributed by atoms with Crippen molar-refractivity contribution in [1.29, 1.82) is 0 Å². The molecular weight excluding hydrogens is 432 g/mol. The molecule has 1 aromatic heterocycles. The number of hydrogen-bond acceptors (Lipinski definition) is 5. The van der Waals surface area contributed by atoms with Crippen molar-refractivity contribution in [3.63, 3.8) is 0 Å². The van der Waals surface area contributed by atoms with Gasteiger partial charge >= 0.3 is 12.1 Å². The standard InChI is InChI=1S/C24H25ClN2O5/c1-24(2,3)32-23(30)27-14-15(16-9-6-8-12-20(16)27)13-19(22(29)31-4)26-21(28)17-10-5-7-11-18(17)25/h5-12,14,19H,13H2,1-4H3,(H,26,28)/t19-/m1/s1. The van der Waals surface area contributed by atoms with E-state index in [1.54, 1.807) is 57.3 Å². The van der Waals surface area contributed by atoms with E-state index >= 15 is 0 Å². The second-order valence-corrected chi connectivity index (χ2v) is 8.66. The second kappa shape index (κ2) is 9.44. The van der Waals surface area contributed by atoms with Crippen LogP contribution in [0, 0.1) is 0 Å². The molecule has 7 nitrogen and oxygen atoms in total. The summed E-state index contributed by atoms with van der Waals surface area (Å²) in [5, 5.41) is 3.73. The summed E-state index contributed by atoms with van der Waals surface area (Å²) in [6.45, 7) is 5.36. The van der Waals surface area contributed by atoms with Crippen molar-refractivity contribution in [3.8, 4) is 0 Å². The molecule has 0 saturated heterocycles. The summed E-state index contributed by atoms with van der Waals surface area (Å²) in [6.07, 6.45) is 1.20. The number of carbonyl (C=O) groups is 3. The zero-order chi connectivity index (χ0) is 23.5. The molecule has 0 bridgehead atoms. The third kappa shape index (κ3) is 5.29. The van der Waals surface area contributed by atoms with Gasteiger partial charge in [0.05, 0.1) is 23.2 Å². The van der Waals surface area contributed by atoms with Gasteiger partial charge in [-0.25, -0.2) is 9.59 Å². The molecule has 1 amide bonds. The summed E-state index contributed by atoms with van der Waals surface area (Å²) in [5.41, 5.74) is 0.901. The van der Waals surface area contributed by atoms with Gasteiger partial charge in [0.25, 0.3) is 5.91 Å². The summed E-state index contributed by atoms with van der Waals surface area (Å²) < 4.78 is 11.8. The van der Waals surface area contributed by atoms with Gasteiger partial charge in [0.2, 0.25) is 0 Å². The molecule has 0 radical (unpaired) electrons. The summed E-state index contributed by atoms with van der Waals surface area (Å²) in [5.74, 6) is -1.11. The van der Waals surface area contributed by atoms with Crippen molar-refractivity contribution in [2.75, 3.05) is 7.11 Å². The molecule has 0 aliphatic carbocycles. The number of nitrogens with one attached hydrogen (secondary N) is 1. The normalized spacial score (nSPS) is 12.3. The van der Waals surface area contributed by atoms with E-state index in [0.29, 0.717) is 11.1 Å². The van der Waals surface area contributed by atoms with Crippen LogP contribution in [0.1, 0.15) is 36.7 Å². The Hall–Kier alpha value is -3.32. The largest absolute Gasteiger partial charge is 0.467 e. The number of halogens is 1. The van der Waals surface area contributed by atoms with Gasteiger partial charge in [0.1, 0.15) is 11.6 Å². The van der Waals surface area contributed by atoms with E-state index < -0.39 is 29.6 Å². The fraction of sp³-hybridized carbons (Fsp3) is 0.292. The van der Waals surface area contributed by atoms with E-state index in [2.05, 4.69) is 5.32 Å². The molecule has 2 aromatic carbocycles. The molecule has 32 heavy (non-hydrogen) atoms. The highest BCUT2D eigenvalue weighted by Crippen LogP contribution is 2.24. The Labute approximate surface area is 191 Å². The van der Waals surface area contributed by atoms with Gasteiger partial charge in [-0.2, -0.15) is 0 Å². The average Bonchev–Trinajstić information content (AvgIpc) is 3.10. The Bertz CT molecular complexity index is 1160. The fourth-order valence-corrected chi connectivity index (χ4v) is 3.53. The van der Waals surface area contributed by atoms with Crippen LogP contribution in [0.4, 0.5) is 4.79 Å². The van der Waals surface area contributed by atoms with Crippen molar-refractivity contribution in [1.82, 2.24) is 9.88 Å². The third-order valence-electron chi connectivity index (χ3n) is 4.72. The Morgan fingerprint density at radius 2 is 1.72 bits per heavy atom. The maximum atomic E-state index is 12.7. The second-order valence-electron chi connectivity index (χ2n) is 8.26. The minimum absolute atomic E-state index is 0.110. The van der Waals surface area contributed by atoms with Crippen molar-refractivity contribution in [2.24, 2.45) is 0 Å². The summed E-state index contributed by atoms with van der Waals surface area (Å²) in [4.78, 5) is 37.9. The van der Waals surface area contributed by atoms with Crippen molar-refractivity contribution in [2.45, 2.75) is 38.8 Å². The predicted octanol–water partition coefficient (Wildman–Crippen LogP) is 4.59. The Balaban J connectivity index is 1.94. The van der Waals surface area contributed by atoms with E-state index in [1.165, 1.54) is 11.7 Å². The zero-order valence-electron chi connectivity index (χ0n) is 18.3. The molecule has 1 heterocycles. The monoisotopic (exact) mass is 456 g/mol. The number of rotatable bonds is 5. The third-order valence-corrected chi connectivity index (χ3v) is 5.05. The Morgan fingerprint density at radius 1 is 1.06 bits per heavy atom. The highest BCUT2D eigenvalue weighted by molar-refractivity contribution is 6.33. The van der Waals surface area contributed by atoms with E-state index in [9.17, 15) is 14.4 Å². The van der Waals surface area contributed by atoms with E-state index in [0.717, 1.165) is 5.39 Å². The zero-order valence-corrected chi connectivity index (χ0v) is 19.1. The lowest BCUT2D eigenvalue weighted by Crippen LogP contribution is -2.43. The van der Waals surface area contributed by atoms with Gasteiger partial charge < -0.3 is 14.8 Å². The molecule has 3 aromatic rings. The molecular formula is C24H25ClN2O5. The highest BCUT2D eigenvalue weighted by Gasteiger charge is 2.27. The number of nitrogens with zero attached hydrogens (tertiary/aromatic N) is 1. The van der Waals surface area contributed by atoms with E-state index in [1.807, 2.05) is 18.2 Å². The lowest BCUT2D eigenvalue weighted by atomic mass is 10.0. The van der Waals surface area contributed by atoms with Gasteiger partial charge in [-0.15, -0.1) is 0 Å². The number of carbonyl (C=O) groups excluding carboxylic acids is 3. The first-order chi connectivity index (χ1) is 15.1. The number of para-hydroxylation sites is 1. The van der Waals surface area contributed by atoms with Crippen molar-refractivity contribution in [3.05, 3.63) is 70.9 Å². The molecule has 3 rings (SSSR count). The van der Waals surface area contributed by atoms with Crippen LogP contribution in [0.2, 0.25) is 5.02 Å². The molecule has 1 N–H and O–H groups in total. The van der Waals surface area contributed by atoms with Crippen LogP contribution in [0.15, 0.2) is 54.7 Å². The summed E-state index contributed by atoms with van der Waals surface area (Å²) in [7, 11) is 1.25. The van der Waals surface area contributed by atoms with E-state index in [-0.39, 0.29) is 17.0 Å². The van der Waals surface area contributed by atoms with Crippen LogP contribution >= 0.6 is 11.6 Å². The Morgan fingerprint density at radius 3 is 2.38 bits per heavy atom. The number of amides is 1. The molecule has 0 fully saturated rings. The number of fused-ring (bicyclic) bond motifs is 1. The maximum Gasteiger partial charge on any atom is 0.419 e. The molecule has 0 aliphatic rings. The number of methoxy groups -OCH3 is 1. The first kappa shape index (κ1) is 23.3. The summed E-state index contributed by atoms with van der Waals surface area (Å²) in [6, 6.07) is 12.9. The van der Waals surface area contributed by atoms with Gasteiger partial charge in [-0.05, 0) is 44.5 Å². The van der Waals surface area contributed by atoms with Crippen LogP contribution in [0.3, 0.4) is 0 Å². The van der Waals surface area contributed by atoms with Gasteiger partial charge in [0.15, 0.2) is 0 Å². The molecule has 0 saturated carbocycles. The van der Waals surface area contributed by atoms with Gasteiger partial charge in [0, 0.05) is 18.0 Å². The van der Waals surface area contributed by atoms with Gasteiger partial charge in [-0.1, -0.05) is 41.9 Å². The van der Waals surface area contributed by atoms with Crippen LogP contribution in [0.25, 0.3) is 10.9 Å². The van der Waals surface area contributed by atoms with Crippen LogP contribution < -0.4 is 5.32 Å². The van der Waals surface area contributed by atoms with Crippen LogP contribution in [-0.4, -0.2) is 41.3 Å². The molecule has 0 aliphatic heterocycles. The van der Waals surface area contributed by atoms with Gasteiger partial charge in [-0.3, -0.25) is 9.36 Å². The summed E-state index contributed by atoms with van der Waals surface area (Å²) >= 11 is 6.11. The van der Waals surface area contributed by atoms with Crippen molar-refractivity contribution >= 4 is 40.5 Å². The average molecular weight is 457 g/mol. The van der Waals surface area contributed by atoms with Crippen LogP contribution in [0.5, 0.6) is 0 Å². The topological polar surface area (TPSA) is 86.6 Å². The van der Waals surface area contributed by atoms with E-state index in [4.69, 9.17) is 21.1 Å². The van der Waals surface area contributed by atoms with Crippen LogP contribution in [-0.2, 0) is 20.7 Å². The number of hydrogen-bond donors (Lipinski definition) is 1. The quantitative estimate of drug-likeness (QED) is 0.567. The first-order valence-electron chi connectivity index (χ1n) is 10.1. The smallest absolute Gasteiger partial charge is 0.419 e. The molecule has 168 valence electrons. The molecule has 8 heteroatoms. The predicted molar refractivity (Wildman–Crippen MR) is 122 cm³/mol. The number of ether oxygens (including phenoxy) is 2. The SMILES string of the molecule is COC(=O)[C@@H](Cc1cn(C(=O)OC(C)(C)C)c2ccccc12)NC(=O)c1ccccc1Cl. The molecule has 0 unspecified atom stereocenters. The minimum atomic E-state index is -0.985. The molecule has 1 atom stereocenters. The Kier molecular flexibility index (Phi) is 6.89. The van der Waals surface area contributed by atoms with Crippen molar-refractivity contribution < 1.29 is 23.9 Å². The number of benzene rings is 2. The molecule has 0 spiro atoms.